The van der Waals surface area contributed by atoms with Gasteiger partial charge in [0.25, 0.3) is 0 Å². The van der Waals surface area contributed by atoms with Gasteiger partial charge in [-0.15, -0.1) is 0 Å². The van der Waals surface area contributed by atoms with E-state index in [2.05, 4.69) is 35.5 Å². The van der Waals surface area contributed by atoms with E-state index in [-0.39, 0.29) is 11.8 Å². The van der Waals surface area contributed by atoms with E-state index in [1.165, 1.54) is 0 Å². The molecule has 0 saturated carbocycles. The average Bonchev–Trinajstić information content (AvgIpc) is 3.60. The van der Waals surface area contributed by atoms with E-state index < -0.39 is 0 Å². The van der Waals surface area contributed by atoms with Gasteiger partial charge < -0.3 is 10.3 Å². The number of fused-ring (bicyclic) bond motifs is 2. The highest BCUT2D eigenvalue weighted by atomic mass is 16.1. The first-order valence-electron chi connectivity index (χ1n) is 11.9. The Morgan fingerprint density at radius 3 is 2.78 bits per heavy atom. The van der Waals surface area contributed by atoms with Gasteiger partial charge in [-0.2, -0.15) is 5.10 Å². The largest absolute Gasteiger partial charge is 0.336 e. The van der Waals surface area contributed by atoms with Crippen LogP contribution in [0.25, 0.3) is 50.7 Å². The van der Waals surface area contributed by atoms with Gasteiger partial charge >= 0.3 is 0 Å². The maximum Gasteiger partial charge on any atom is 0.224 e. The van der Waals surface area contributed by atoms with Crippen molar-refractivity contribution >= 4 is 33.7 Å². The molecule has 1 amide bonds. The molecule has 0 saturated heterocycles. The van der Waals surface area contributed by atoms with Gasteiger partial charge in [0.1, 0.15) is 17.4 Å². The third kappa shape index (κ3) is 4.31. The Morgan fingerprint density at radius 2 is 1.97 bits per heavy atom. The Hall–Kier alpha value is -4.93. The van der Waals surface area contributed by atoms with Crippen molar-refractivity contribution in [2.75, 3.05) is 5.32 Å². The van der Waals surface area contributed by atoms with Crippen LogP contribution in [-0.4, -0.2) is 50.6 Å². The van der Waals surface area contributed by atoms with Gasteiger partial charge in [0.2, 0.25) is 5.91 Å². The zero-order valence-electron chi connectivity index (χ0n) is 20.5. The van der Waals surface area contributed by atoms with Gasteiger partial charge in [-0.3, -0.25) is 19.4 Å². The number of imidazole rings is 2. The monoisotopic (exact) mass is 492 g/mol. The number of H-pyrrole nitrogens is 2. The highest BCUT2D eigenvalue weighted by Gasteiger charge is 2.18. The zero-order chi connectivity index (χ0) is 25.5. The zero-order valence-corrected chi connectivity index (χ0v) is 20.5. The number of hydrogen-bond acceptors (Lipinski definition) is 7. The maximum absolute atomic E-state index is 12.2. The van der Waals surface area contributed by atoms with E-state index in [0.717, 1.165) is 22.3 Å². The summed E-state index contributed by atoms with van der Waals surface area (Å²) >= 11 is 0. The molecule has 0 aromatic carbocycles. The topological polar surface area (TPSA) is 143 Å². The molecular weight excluding hydrogens is 468 g/mol. The lowest BCUT2D eigenvalue weighted by atomic mass is 10.1. The molecule has 0 unspecified atom stereocenters. The molecule has 37 heavy (non-hydrogen) atoms. The third-order valence-electron chi connectivity index (χ3n) is 5.88. The molecule has 6 aromatic rings. The van der Waals surface area contributed by atoms with Crippen molar-refractivity contribution in [3.8, 4) is 28.6 Å². The van der Waals surface area contributed by atoms with E-state index >= 15 is 0 Å². The predicted octanol–water partition coefficient (Wildman–Crippen LogP) is 4.44. The lowest BCUT2D eigenvalue weighted by Crippen LogP contribution is -2.14. The van der Waals surface area contributed by atoms with E-state index in [1.54, 1.807) is 24.9 Å². The summed E-state index contributed by atoms with van der Waals surface area (Å²) in [6.45, 7) is 5.94. The number of pyridine rings is 3. The van der Waals surface area contributed by atoms with Crippen molar-refractivity contribution < 1.29 is 4.79 Å². The van der Waals surface area contributed by atoms with Gasteiger partial charge in [0, 0.05) is 30.6 Å². The van der Waals surface area contributed by atoms with Crippen LogP contribution in [0.2, 0.25) is 0 Å². The van der Waals surface area contributed by atoms with Crippen molar-refractivity contribution in [3.05, 3.63) is 61.1 Å². The third-order valence-corrected chi connectivity index (χ3v) is 5.88. The number of hydrogen-bond donors (Lipinski definition) is 3. The molecule has 0 aliphatic rings. The Balaban J connectivity index is 1.38. The second-order valence-corrected chi connectivity index (χ2v) is 9.31. The lowest BCUT2D eigenvalue weighted by molar-refractivity contribution is -0.116. The van der Waals surface area contributed by atoms with Crippen LogP contribution in [-0.2, 0) is 4.79 Å². The summed E-state index contributed by atoms with van der Waals surface area (Å²) in [6, 6.07) is 7.55. The second kappa shape index (κ2) is 8.94. The van der Waals surface area contributed by atoms with Crippen molar-refractivity contribution in [3.63, 3.8) is 0 Å². The van der Waals surface area contributed by atoms with Crippen molar-refractivity contribution in [1.82, 2.24) is 44.7 Å². The Bertz CT molecular complexity index is 1760. The SMILES string of the molecule is Cc1cn(-c2nccc3[nH]c(-c4n[nH]c5ccc(-c6cncc(NC(=O)CC(C)C)c6)nc45)nc23)cn1. The summed E-state index contributed by atoms with van der Waals surface area (Å²) in [5, 5.41) is 10.4. The minimum atomic E-state index is -0.0425. The molecule has 0 bridgehead atoms. The van der Waals surface area contributed by atoms with Crippen LogP contribution in [0.5, 0.6) is 0 Å². The van der Waals surface area contributed by atoms with E-state index in [4.69, 9.17) is 9.97 Å². The summed E-state index contributed by atoms with van der Waals surface area (Å²) < 4.78 is 1.85. The fraction of sp³-hybridized carbons (Fsp3) is 0.192. The van der Waals surface area contributed by atoms with E-state index in [1.807, 2.05) is 55.8 Å². The van der Waals surface area contributed by atoms with Crippen molar-refractivity contribution in [2.24, 2.45) is 5.92 Å². The molecule has 0 atom stereocenters. The highest BCUT2D eigenvalue weighted by Crippen LogP contribution is 2.29. The van der Waals surface area contributed by atoms with Crippen LogP contribution in [0.1, 0.15) is 26.0 Å². The standard InChI is InChI=1S/C26H24N10O/c1-14(2)8-21(37)30-17-9-16(10-27-11-17)18-4-5-20-22(31-18)24(35-34-20)25-32-19-6-7-28-26(23(19)33-25)36-12-15(3)29-13-36/h4-7,9-14H,8H2,1-3H3,(H,30,37)(H,32,33)(H,34,35). The normalized spacial score (nSPS) is 11.6. The van der Waals surface area contributed by atoms with Crippen LogP contribution >= 0.6 is 0 Å². The van der Waals surface area contributed by atoms with Gasteiger partial charge in [-0.1, -0.05) is 13.8 Å². The molecule has 0 aliphatic carbocycles. The van der Waals surface area contributed by atoms with E-state index in [9.17, 15) is 4.79 Å². The number of nitrogens with one attached hydrogen (secondary N) is 3. The number of rotatable bonds is 6. The van der Waals surface area contributed by atoms with E-state index in [0.29, 0.717) is 46.2 Å². The van der Waals surface area contributed by atoms with Crippen LogP contribution in [0.15, 0.2) is 55.4 Å². The second-order valence-electron chi connectivity index (χ2n) is 9.31. The first-order chi connectivity index (χ1) is 17.9. The number of amides is 1. The summed E-state index contributed by atoms with van der Waals surface area (Å²) in [5.74, 6) is 1.48. The van der Waals surface area contributed by atoms with Crippen LogP contribution in [0, 0.1) is 12.8 Å². The van der Waals surface area contributed by atoms with Crippen LogP contribution in [0.3, 0.4) is 0 Å². The fourth-order valence-corrected chi connectivity index (χ4v) is 4.22. The summed E-state index contributed by atoms with van der Waals surface area (Å²) in [5.41, 5.74) is 6.57. The smallest absolute Gasteiger partial charge is 0.224 e. The number of carbonyl (C=O) groups is 1. The molecule has 6 heterocycles. The fourth-order valence-electron chi connectivity index (χ4n) is 4.22. The molecule has 3 N–H and O–H groups in total. The molecule has 11 heteroatoms. The predicted molar refractivity (Wildman–Crippen MR) is 140 cm³/mol. The number of nitrogens with zero attached hydrogens (tertiary/aromatic N) is 7. The Morgan fingerprint density at radius 1 is 1.08 bits per heavy atom. The average molecular weight is 493 g/mol. The Kier molecular flexibility index (Phi) is 5.44. The van der Waals surface area contributed by atoms with Crippen molar-refractivity contribution in [1.29, 1.82) is 0 Å². The molecule has 0 radical (unpaired) electrons. The molecule has 184 valence electrons. The Labute approximate surface area is 211 Å². The molecule has 0 aliphatic heterocycles. The molecule has 11 nitrogen and oxygen atoms in total. The molecule has 6 aromatic heterocycles. The van der Waals surface area contributed by atoms with Gasteiger partial charge in [0.15, 0.2) is 17.3 Å². The molecular formula is C26H24N10O. The first kappa shape index (κ1) is 22.5. The summed E-state index contributed by atoms with van der Waals surface area (Å²) in [4.78, 5) is 38.3. The van der Waals surface area contributed by atoms with Crippen LogP contribution < -0.4 is 5.32 Å². The number of aromatic amines is 2. The van der Waals surface area contributed by atoms with Crippen molar-refractivity contribution in [2.45, 2.75) is 27.2 Å². The number of aryl methyl sites for hydroxylation is 1. The van der Waals surface area contributed by atoms with Gasteiger partial charge in [-0.05, 0) is 37.1 Å². The van der Waals surface area contributed by atoms with Crippen LogP contribution in [0.4, 0.5) is 5.69 Å². The molecule has 0 fully saturated rings. The quantitative estimate of drug-likeness (QED) is 0.312. The molecule has 6 rings (SSSR count). The minimum absolute atomic E-state index is 0.0425. The minimum Gasteiger partial charge on any atom is -0.336 e. The van der Waals surface area contributed by atoms with Gasteiger partial charge in [0.05, 0.1) is 34.3 Å². The highest BCUT2D eigenvalue weighted by molar-refractivity contribution is 5.93. The van der Waals surface area contributed by atoms with Gasteiger partial charge in [-0.25, -0.2) is 19.9 Å². The number of carbonyl (C=O) groups excluding carboxylic acids is 1. The number of anilines is 1. The molecule has 0 spiro atoms. The first-order valence-corrected chi connectivity index (χ1v) is 11.9. The number of aromatic nitrogens is 9. The lowest BCUT2D eigenvalue weighted by Gasteiger charge is -2.08. The summed E-state index contributed by atoms with van der Waals surface area (Å²) in [7, 11) is 0. The summed E-state index contributed by atoms with van der Waals surface area (Å²) in [6.07, 6.45) is 9.15. The maximum atomic E-state index is 12.2.